The zero-order valence-electron chi connectivity index (χ0n) is 9.46. The highest BCUT2D eigenvalue weighted by Gasteiger charge is 2.12. The van der Waals surface area contributed by atoms with Gasteiger partial charge in [-0.1, -0.05) is 0 Å². The smallest absolute Gasteiger partial charge is 0.270 e. The first-order valence-corrected chi connectivity index (χ1v) is 6.90. The number of hydrogen-bond donors (Lipinski definition) is 1. The van der Waals surface area contributed by atoms with Gasteiger partial charge in [-0.25, -0.2) is 4.98 Å². The van der Waals surface area contributed by atoms with Crippen LogP contribution in [0.25, 0.3) is 0 Å². The zero-order chi connectivity index (χ0) is 13.1. The van der Waals surface area contributed by atoms with Crippen molar-refractivity contribution in [2.24, 2.45) is 0 Å². The maximum absolute atomic E-state index is 10.6. The molecule has 2 rings (SSSR count). The number of hydrogen-bond acceptors (Lipinski definition) is 5. The van der Waals surface area contributed by atoms with Crippen molar-refractivity contribution in [1.29, 1.82) is 0 Å². The summed E-state index contributed by atoms with van der Waals surface area (Å²) in [6, 6.07) is 4.69. The predicted molar refractivity (Wildman–Crippen MR) is 74.9 cm³/mol. The maximum Gasteiger partial charge on any atom is 0.270 e. The Kier molecular flexibility index (Phi) is 3.93. The van der Waals surface area contributed by atoms with Crippen LogP contribution in [-0.4, -0.2) is 9.91 Å². The highest BCUT2D eigenvalue weighted by molar-refractivity contribution is 9.10. The molecule has 0 aliphatic rings. The molecule has 0 aliphatic carbocycles. The summed E-state index contributed by atoms with van der Waals surface area (Å²) in [5.74, 6) is 0. The van der Waals surface area contributed by atoms with E-state index in [1.54, 1.807) is 11.6 Å². The third kappa shape index (κ3) is 2.85. The molecule has 18 heavy (non-hydrogen) atoms. The first kappa shape index (κ1) is 13.0. The van der Waals surface area contributed by atoms with Crippen LogP contribution in [0.5, 0.6) is 0 Å². The first-order chi connectivity index (χ1) is 8.58. The van der Waals surface area contributed by atoms with Crippen molar-refractivity contribution in [3.8, 4) is 0 Å². The number of nitro groups is 1. The SMILES string of the molecule is CC(Nc1ccc([N+](=O)[O-])cc1Br)c1cscn1. The van der Waals surface area contributed by atoms with Gasteiger partial charge in [-0.15, -0.1) is 11.3 Å². The summed E-state index contributed by atoms with van der Waals surface area (Å²) < 4.78 is 0.666. The van der Waals surface area contributed by atoms with Gasteiger partial charge in [0.25, 0.3) is 5.69 Å². The van der Waals surface area contributed by atoms with E-state index in [0.29, 0.717) is 4.47 Å². The van der Waals surface area contributed by atoms with Crippen LogP contribution in [0, 0.1) is 10.1 Å². The number of nitrogens with one attached hydrogen (secondary N) is 1. The number of rotatable bonds is 4. The topological polar surface area (TPSA) is 68.1 Å². The van der Waals surface area contributed by atoms with Crippen LogP contribution in [0.3, 0.4) is 0 Å². The second-order valence-electron chi connectivity index (χ2n) is 3.70. The molecule has 1 heterocycles. The molecule has 5 nitrogen and oxygen atoms in total. The average molecular weight is 328 g/mol. The van der Waals surface area contributed by atoms with E-state index < -0.39 is 4.92 Å². The van der Waals surface area contributed by atoms with Crippen LogP contribution in [0.15, 0.2) is 33.6 Å². The fourth-order valence-corrected chi connectivity index (χ4v) is 2.61. The van der Waals surface area contributed by atoms with E-state index >= 15 is 0 Å². The van der Waals surface area contributed by atoms with Crippen LogP contribution in [0.4, 0.5) is 11.4 Å². The number of nitro benzene ring substituents is 1. The van der Waals surface area contributed by atoms with Crippen LogP contribution >= 0.6 is 27.3 Å². The molecule has 0 radical (unpaired) electrons. The fourth-order valence-electron chi connectivity index (χ4n) is 1.48. The molecule has 1 unspecified atom stereocenters. The molecule has 0 aliphatic heterocycles. The van der Waals surface area contributed by atoms with E-state index in [-0.39, 0.29) is 11.7 Å². The molecule has 0 bridgehead atoms. The number of aromatic nitrogens is 1. The third-order valence-corrected chi connectivity index (χ3v) is 3.69. The van der Waals surface area contributed by atoms with Crippen molar-refractivity contribution in [3.63, 3.8) is 0 Å². The van der Waals surface area contributed by atoms with Crippen LogP contribution in [0.2, 0.25) is 0 Å². The third-order valence-electron chi connectivity index (χ3n) is 2.43. The highest BCUT2D eigenvalue weighted by atomic mass is 79.9. The van der Waals surface area contributed by atoms with Gasteiger partial charge in [0, 0.05) is 27.7 Å². The molecular formula is C11H10BrN3O2S. The molecule has 0 fully saturated rings. The number of nitrogens with zero attached hydrogens (tertiary/aromatic N) is 2. The normalized spacial score (nSPS) is 12.1. The second kappa shape index (κ2) is 5.45. The Morgan fingerprint density at radius 3 is 2.89 bits per heavy atom. The van der Waals surface area contributed by atoms with Crippen molar-refractivity contribution in [1.82, 2.24) is 4.98 Å². The van der Waals surface area contributed by atoms with Gasteiger partial charge in [0.2, 0.25) is 0 Å². The summed E-state index contributed by atoms with van der Waals surface area (Å²) in [7, 11) is 0. The molecule has 7 heteroatoms. The molecule has 1 N–H and O–H groups in total. The summed E-state index contributed by atoms with van der Waals surface area (Å²) in [5, 5.41) is 15.9. The van der Waals surface area contributed by atoms with Gasteiger partial charge < -0.3 is 5.32 Å². The highest BCUT2D eigenvalue weighted by Crippen LogP contribution is 2.29. The summed E-state index contributed by atoms with van der Waals surface area (Å²) in [6.07, 6.45) is 0. The molecule has 94 valence electrons. The summed E-state index contributed by atoms with van der Waals surface area (Å²) in [4.78, 5) is 14.4. The number of non-ortho nitro benzene ring substituents is 1. The second-order valence-corrected chi connectivity index (χ2v) is 5.27. The minimum absolute atomic E-state index is 0.0500. The first-order valence-electron chi connectivity index (χ1n) is 5.16. The molecule has 1 aromatic carbocycles. The Balaban J connectivity index is 2.17. The van der Waals surface area contributed by atoms with Gasteiger partial charge in [-0.05, 0) is 28.9 Å². The van der Waals surface area contributed by atoms with Crippen molar-refractivity contribution in [2.45, 2.75) is 13.0 Å². The molecule has 0 amide bonds. The van der Waals surface area contributed by atoms with Gasteiger partial charge in [0.1, 0.15) is 0 Å². The number of benzene rings is 1. The lowest BCUT2D eigenvalue weighted by molar-refractivity contribution is -0.384. The summed E-state index contributed by atoms with van der Waals surface area (Å²) >= 11 is 4.86. The molecule has 1 atom stereocenters. The summed E-state index contributed by atoms with van der Waals surface area (Å²) in [5.41, 5.74) is 3.60. The molecule has 2 aromatic rings. The largest absolute Gasteiger partial charge is 0.376 e. The number of thiazole rings is 1. The quantitative estimate of drug-likeness (QED) is 0.681. The minimum atomic E-state index is -0.418. The lowest BCUT2D eigenvalue weighted by Crippen LogP contribution is -2.07. The molecule has 1 aromatic heterocycles. The van der Waals surface area contributed by atoms with E-state index in [2.05, 4.69) is 26.2 Å². The maximum atomic E-state index is 10.6. The minimum Gasteiger partial charge on any atom is -0.376 e. The van der Waals surface area contributed by atoms with Crippen molar-refractivity contribution in [2.75, 3.05) is 5.32 Å². The monoisotopic (exact) mass is 327 g/mol. The van der Waals surface area contributed by atoms with Gasteiger partial charge in [-0.3, -0.25) is 10.1 Å². The molecule has 0 saturated carbocycles. The number of halogens is 1. The van der Waals surface area contributed by atoms with E-state index in [4.69, 9.17) is 0 Å². The lowest BCUT2D eigenvalue weighted by atomic mass is 10.2. The predicted octanol–water partition coefficient (Wildman–Crippen LogP) is 3.99. The fraction of sp³-hybridized carbons (Fsp3) is 0.182. The Hall–Kier alpha value is -1.47. The Morgan fingerprint density at radius 1 is 1.56 bits per heavy atom. The molecular weight excluding hydrogens is 318 g/mol. The van der Waals surface area contributed by atoms with E-state index in [9.17, 15) is 10.1 Å². The van der Waals surface area contributed by atoms with Gasteiger partial charge in [0.05, 0.1) is 22.2 Å². The van der Waals surface area contributed by atoms with Crippen LogP contribution < -0.4 is 5.32 Å². The Labute approximate surface area is 116 Å². The van der Waals surface area contributed by atoms with E-state index in [0.717, 1.165) is 11.4 Å². The van der Waals surface area contributed by atoms with Crippen molar-refractivity contribution in [3.05, 3.63) is 49.4 Å². The van der Waals surface area contributed by atoms with Gasteiger partial charge in [0.15, 0.2) is 0 Å². The summed E-state index contributed by atoms with van der Waals surface area (Å²) in [6.45, 7) is 1.99. The Morgan fingerprint density at radius 2 is 2.33 bits per heavy atom. The average Bonchev–Trinajstić information content (AvgIpc) is 2.85. The van der Waals surface area contributed by atoms with E-state index in [1.165, 1.54) is 23.5 Å². The molecule has 0 spiro atoms. The Bertz CT molecular complexity index is 559. The van der Waals surface area contributed by atoms with Gasteiger partial charge >= 0.3 is 0 Å². The standard InChI is InChI=1S/C11H10BrN3O2S/c1-7(11-5-18-6-13-11)14-10-3-2-8(15(16)17)4-9(10)12/h2-7,14H,1H3. The van der Waals surface area contributed by atoms with Crippen molar-refractivity contribution >= 4 is 38.6 Å². The number of anilines is 1. The van der Waals surface area contributed by atoms with Gasteiger partial charge in [-0.2, -0.15) is 0 Å². The van der Waals surface area contributed by atoms with Crippen molar-refractivity contribution < 1.29 is 4.92 Å². The zero-order valence-corrected chi connectivity index (χ0v) is 11.9. The lowest BCUT2D eigenvalue weighted by Gasteiger charge is -2.14. The molecule has 0 saturated heterocycles. The van der Waals surface area contributed by atoms with E-state index in [1.807, 2.05) is 12.3 Å². The van der Waals surface area contributed by atoms with Crippen LogP contribution in [-0.2, 0) is 0 Å². The van der Waals surface area contributed by atoms with Crippen LogP contribution in [0.1, 0.15) is 18.7 Å².